The fourth-order valence-electron chi connectivity index (χ4n) is 5.60. The molecule has 1 aromatic rings. The lowest BCUT2D eigenvalue weighted by Crippen LogP contribution is -2.55. The van der Waals surface area contributed by atoms with Crippen LogP contribution in [-0.2, 0) is 4.74 Å². The lowest BCUT2D eigenvalue weighted by Gasteiger charge is -2.58. The average molecular weight is 286 g/mol. The van der Waals surface area contributed by atoms with Gasteiger partial charge in [0, 0.05) is 0 Å². The third kappa shape index (κ3) is 1.61. The van der Waals surface area contributed by atoms with Crippen LogP contribution in [0.3, 0.4) is 0 Å². The largest absolute Gasteiger partial charge is 0.362 e. The van der Waals surface area contributed by atoms with E-state index in [1.807, 2.05) is 0 Å². The van der Waals surface area contributed by atoms with Crippen LogP contribution in [0.1, 0.15) is 42.9 Å². The van der Waals surface area contributed by atoms with Gasteiger partial charge in [0.2, 0.25) is 0 Å². The second kappa shape index (κ2) is 4.27. The van der Waals surface area contributed by atoms with Crippen molar-refractivity contribution in [1.82, 2.24) is 0 Å². The van der Waals surface area contributed by atoms with Gasteiger partial charge in [-0.1, -0.05) is 30.3 Å². The zero-order valence-electron chi connectivity index (χ0n) is 11.8. The molecule has 5 aliphatic rings. The highest BCUT2D eigenvalue weighted by molar-refractivity contribution is 8.01. The third-order valence-electron chi connectivity index (χ3n) is 6.23. The minimum Gasteiger partial charge on any atom is -0.362 e. The molecule has 20 heavy (non-hydrogen) atoms. The Morgan fingerprint density at radius 3 is 2.20 bits per heavy atom. The zero-order chi connectivity index (χ0) is 13.2. The van der Waals surface area contributed by atoms with Crippen molar-refractivity contribution >= 4 is 11.8 Å². The minimum absolute atomic E-state index is 0.188. The van der Waals surface area contributed by atoms with Crippen LogP contribution >= 0.6 is 11.8 Å². The Kier molecular flexibility index (Phi) is 2.58. The Morgan fingerprint density at radius 2 is 1.55 bits per heavy atom. The summed E-state index contributed by atoms with van der Waals surface area (Å²) in [5.41, 5.74) is 1.46. The van der Waals surface area contributed by atoms with E-state index in [9.17, 15) is 0 Å². The van der Waals surface area contributed by atoms with Gasteiger partial charge >= 0.3 is 0 Å². The first kappa shape index (κ1) is 12.1. The number of ether oxygens (including phenoxy) is 1. The van der Waals surface area contributed by atoms with E-state index in [1.54, 1.807) is 0 Å². The van der Waals surface area contributed by atoms with E-state index in [2.05, 4.69) is 42.1 Å². The molecule has 0 N–H and O–H groups in total. The van der Waals surface area contributed by atoms with Gasteiger partial charge in [-0.15, -0.1) is 11.8 Å². The minimum atomic E-state index is 0.188. The summed E-state index contributed by atoms with van der Waals surface area (Å²) in [6, 6.07) is 11.0. The van der Waals surface area contributed by atoms with Crippen molar-refractivity contribution in [3.05, 3.63) is 35.9 Å². The van der Waals surface area contributed by atoms with Crippen LogP contribution in [0, 0.1) is 23.7 Å². The molecule has 106 valence electrons. The summed E-state index contributed by atoms with van der Waals surface area (Å²) in [5, 5.41) is 0.564. The average Bonchev–Trinajstić information content (AvgIpc) is 2.91. The Bertz CT molecular complexity index is 483. The van der Waals surface area contributed by atoms with E-state index >= 15 is 0 Å². The number of rotatable bonds is 1. The maximum absolute atomic E-state index is 6.55. The van der Waals surface area contributed by atoms with Crippen LogP contribution in [0.4, 0.5) is 0 Å². The van der Waals surface area contributed by atoms with Gasteiger partial charge in [0.15, 0.2) is 0 Å². The van der Waals surface area contributed by atoms with E-state index in [0.717, 1.165) is 30.3 Å². The number of hydrogen-bond acceptors (Lipinski definition) is 2. The fourth-order valence-corrected chi connectivity index (χ4v) is 7.38. The molecular formula is C18H22OS. The fraction of sp³-hybridized carbons (Fsp3) is 0.667. The molecule has 6 rings (SSSR count). The zero-order valence-corrected chi connectivity index (χ0v) is 12.6. The van der Waals surface area contributed by atoms with Crippen LogP contribution in [0.25, 0.3) is 0 Å². The number of thioether (sulfide) groups is 1. The van der Waals surface area contributed by atoms with Crippen molar-refractivity contribution in [2.45, 2.75) is 42.3 Å². The molecule has 1 unspecified atom stereocenters. The maximum atomic E-state index is 6.55. The van der Waals surface area contributed by atoms with E-state index in [4.69, 9.17) is 4.74 Å². The molecule has 4 bridgehead atoms. The van der Waals surface area contributed by atoms with Crippen molar-refractivity contribution in [2.75, 3.05) is 6.61 Å². The molecule has 0 aromatic heterocycles. The van der Waals surface area contributed by atoms with E-state index in [-0.39, 0.29) is 4.93 Å². The molecule has 1 aromatic carbocycles. The summed E-state index contributed by atoms with van der Waals surface area (Å²) in [7, 11) is 0. The predicted octanol–water partition coefficient (Wildman–Crippen LogP) is 4.64. The van der Waals surface area contributed by atoms with Gasteiger partial charge in [0.05, 0.1) is 11.9 Å². The SMILES string of the molecule is c1ccc(C2COC3(S2)C2CC4CC(C2)CC3C4)cc1. The van der Waals surface area contributed by atoms with Crippen LogP contribution in [0.15, 0.2) is 30.3 Å². The molecule has 1 nitrogen and oxygen atoms in total. The summed E-state index contributed by atoms with van der Waals surface area (Å²) >= 11 is 2.18. The maximum Gasteiger partial charge on any atom is 0.120 e. The third-order valence-corrected chi connectivity index (χ3v) is 8.08. The summed E-state index contributed by atoms with van der Waals surface area (Å²) in [5.74, 6) is 3.75. The smallest absolute Gasteiger partial charge is 0.120 e. The Balaban J connectivity index is 1.45. The van der Waals surface area contributed by atoms with Gasteiger partial charge < -0.3 is 4.74 Å². The normalized spacial score (nSPS) is 49.1. The van der Waals surface area contributed by atoms with E-state index in [0.29, 0.717) is 5.25 Å². The van der Waals surface area contributed by atoms with Crippen molar-refractivity contribution < 1.29 is 4.74 Å². The van der Waals surface area contributed by atoms with E-state index in [1.165, 1.54) is 37.7 Å². The molecule has 2 heteroatoms. The van der Waals surface area contributed by atoms with Gasteiger partial charge in [-0.2, -0.15) is 0 Å². The second-order valence-corrected chi connectivity index (χ2v) is 8.80. The van der Waals surface area contributed by atoms with Crippen LogP contribution in [0.2, 0.25) is 0 Å². The number of benzene rings is 1. The quantitative estimate of drug-likeness (QED) is 0.743. The van der Waals surface area contributed by atoms with Crippen LogP contribution in [-0.4, -0.2) is 11.5 Å². The molecule has 5 fully saturated rings. The summed E-state index contributed by atoms with van der Waals surface area (Å²) in [4.78, 5) is 0.188. The summed E-state index contributed by atoms with van der Waals surface area (Å²) < 4.78 is 6.55. The Hall–Kier alpha value is -0.470. The molecule has 4 aliphatic carbocycles. The Labute approximate surface area is 125 Å². The molecule has 4 saturated carbocycles. The molecule has 0 radical (unpaired) electrons. The summed E-state index contributed by atoms with van der Waals surface area (Å²) in [6.45, 7) is 0.928. The van der Waals surface area contributed by atoms with Gasteiger partial charge in [0.25, 0.3) is 0 Å². The van der Waals surface area contributed by atoms with Gasteiger partial charge in [-0.05, 0) is 61.3 Å². The Morgan fingerprint density at radius 1 is 0.900 bits per heavy atom. The highest BCUT2D eigenvalue weighted by atomic mass is 32.2. The molecule has 1 heterocycles. The van der Waals surface area contributed by atoms with Gasteiger partial charge in [-0.3, -0.25) is 0 Å². The van der Waals surface area contributed by atoms with Crippen molar-refractivity contribution in [1.29, 1.82) is 0 Å². The molecule has 0 amide bonds. The first-order valence-corrected chi connectivity index (χ1v) is 9.08. The molecule has 1 spiro atoms. The molecule has 1 aliphatic heterocycles. The van der Waals surface area contributed by atoms with Gasteiger partial charge in [0.1, 0.15) is 4.93 Å². The topological polar surface area (TPSA) is 9.23 Å². The first-order chi connectivity index (χ1) is 9.83. The van der Waals surface area contributed by atoms with Gasteiger partial charge in [-0.25, -0.2) is 0 Å². The monoisotopic (exact) mass is 286 g/mol. The lowest BCUT2D eigenvalue weighted by molar-refractivity contribution is -0.139. The highest BCUT2D eigenvalue weighted by Crippen LogP contribution is 2.67. The number of hydrogen-bond donors (Lipinski definition) is 0. The molecule has 1 atom stereocenters. The van der Waals surface area contributed by atoms with Crippen molar-refractivity contribution in [2.24, 2.45) is 23.7 Å². The van der Waals surface area contributed by atoms with Crippen molar-refractivity contribution in [3.63, 3.8) is 0 Å². The van der Waals surface area contributed by atoms with E-state index < -0.39 is 0 Å². The predicted molar refractivity (Wildman–Crippen MR) is 82.5 cm³/mol. The van der Waals surface area contributed by atoms with Crippen LogP contribution < -0.4 is 0 Å². The van der Waals surface area contributed by atoms with Crippen molar-refractivity contribution in [3.8, 4) is 0 Å². The summed E-state index contributed by atoms with van der Waals surface area (Å²) in [6.07, 6.45) is 7.31. The highest BCUT2D eigenvalue weighted by Gasteiger charge is 2.61. The van der Waals surface area contributed by atoms with Crippen LogP contribution in [0.5, 0.6) is 0 Å². The molecule has 1 saturated heterocycles. The molecular weight excluding hydrogens is 264 g/mol. The first-order valence-electron chi connectivity index (χ1n) is 8.20. The second-order valence-electron chi connectivity index (χ2n) is 7.35. The standard InChI is InChI=1S/C18H22OS/c1-2-4-14(5-3-1)17-11-19-18(20-17)15-7-12-6-13(9-15)10-16(18)8-12/h1-5,12-13,15-17H,6-11H2. The lowest BCUT2D eigenvalue weighted by atomic mass is 9.54.